The molecule has 164 valence electrons. The van der Waals surface area contributed by atoms with Gasteiger partial charge in [0.2, 0.25) is 11.5 Å². The second kappa shape index (κ2) is 10.7. The molecule has 0 aromatic heterocycles. The number of rotatable bonds is 10. The Labute approximate surface area is 177 Å². The molecule has 0 bridgehead atoms. The second-order valence-electron chi connectivity index (χ2n) is 6.92. The maximum absolute atomic E-state index is 12.3. The largest absolute Gasteiger partial charge is 0.490 e. The molecule has 0 atom stereocenters. The second-order valence-corrected chi connectivity index (χ2v) is 6.92. The Bertz CT molecular complexity index is 908. The van der Waals surface area contributed by atoms with Gasteiger partial charge >= 0.3 is 11.9 Å². The third kappa shape index (κ3) is 4.96. The van der Waals surface area contributed by atoms with Crippen molar-refractivity contribution >= 4 is 28.4 Å². The highest BCUT2D eigenvalue weighted by atomic mass is 16.6. The van der Waals surface area contributed by atoms with Crippen LogP contribution in [0.25, 0.3) is 10.8 Å². The highest BCUT2D eigenvalue weighted by Gasteiger charge is 2.27. The quantitative estimate of drug-likeness (QED) is 0.409. The summed E-state index contributed by atoms with van der Waals surface area (Å²) >= 11 is 0. The Hall–Kier alpha value is -2.96. The van der Waals surface area contributed by atoms with E-state index in [1.165, 1.54) is 14.2 Å². The van der Waals surface area contributed by atoms with E-state index in [1.54, 1.807) is 0 Å². The molecule has 0 heterocycles. The number of anilines is 1. The number of nitrogens with zero attached hydrogens (tertiary/aromatic N) is 1. The topological polar surface area (TPSA) is 74.3 Å². The van der Waals surface area contributed by atoms with Crippen molar-refractivity contribution in [3.8, 4) is 23.0 Å². The normalized spacial score (nSPS) is 10.6. The summed E-state index contributed by atoms with van der Waals surface area (Å²) < 4.78 is 22.5. The molecule has 2 aromatic carbocycles. The molecule has 0 unspecified atom stereocenters. The van der Waals surface area contributed by atoms with Crippen LogP contribution in [-0.4, -0.2) is 39.8 Å². The first kappa shape index (κ1) is 23.3. The molecular weight excluding hydrogens is 386 g/mol. The number of carbonyl (C=O) groups excluding carboxylic acids is 2. The minimum absolute atomic E-state index is 0.213. The molecule has 7 heteroatoms. The van der Waals surface area contributed by atoms with Crippen LogP contribution in [0.15, 0.2) is 18.2 Å². The van der Waals surface area contributed by atoms with Gasteiger partial charge in [0.1, 0.15) is 0 Å². The molecule has 0 fully saturated rings. The number of hydrogen-bond acceptors (Lipinski definition) is 7. The van der Waals surface area contributed by atoms with Gasteiger partial charge in [-0.1, -0.05) is 13.8 Å². The lowest BCUT2D eigenvalue weighted by Crippen LogP contribution is -2.16. The molecule has 0 saturated heterocycles. The van der Waals surface area contributed by atoms with Crippen LogP contribution in [0.5, 0.6) is 23.0 Å². The van der Waals surface area contributed by atoms with E-state index >= 15 is 0 Å². The van der Waals surface area contributed by atoms with Crippen molar-refractivity contribution in [2.24, 2.45) is 0 Å². The van der Waals surface area contributed by atoms with Crippen LogP contribution in [-0.2, 0) is 9.59 Å². The predicted octanol–water partition coefficient (Wildman–Crippen LogP) is 4.72. The number of methoxy groups -OCH3 is 2. The van der Waals surface area contributed by atoms with Crippen LogP contribution < -0.4 is 23.8 Å². The van der Waals surface area contributed by atoms with Crippen LogP contribution in [0, 0.1) is 0 Å². The lowest BCUT2D eigenvalue weighted by Gasteiger charge is -2.22. The molecule has 0 spiro atoms. The summed E-state index contributed by atoms with van der Waals surface area (Å²) in [4.78, 5) is 26.7. The first-order valence-electron chi connectivity index (χ1n) is 10.3. The minimum atomic E-state index is -0.371. The van der Waals surface area contributed by atoms with Crippen molar-refractivity contribution in [2.45, 2.75) is 46.5 Å². The zero-order valence-electron chi connectivity index (χ0n) is 18.7. The number of ether oxygens (including phenoxy) is 4. The molecule has 0 N–H and O–H groups in total. The fourth-order valence-corrected chi connectivity index (χ4v) is 3.10. The molecule has 0 aliphatic heterocycles. The van der Waals surface area contributed by atoms with Gasteiger partial charge in [-0.3, -0.25) is 9.59 Å². The third-order valence-corrected chi connectivity index (χ3v) is 4.77. The highest BCUT2D eigenvalue weighted by Crippen LogP contribution is 2.52. The van der Waals surface area contributed by atoms with Gasteiger partial charge < -0.3 is 23.8 Å². The number of esters is 2. The van der Waals surface area contributed by atoms with E-state index in [2.05, 4.69) is 4.90 Å². The van der Waals surface area contributed by atoms with Crippen LogP contribution in [0.3, 0.4) is 0 Å². The average Bonchev–Trinajstić information content (AvgIpc) is 2.74. The van der Waals surface area contributed by atoms with Crippen LogP contribution in [0.1, 0.15) is 46.5 Å². The van der Waals surface area contributed by atoms with E-state index in [4.69, 9.17) is 18.9 Å². The van der Waals surface area contributed by atoms with E-state index in [0.717, 1.165) is 12.2 Å². The molecule has 0 aliphatic rings. The summed E-state index contributed by atoms with van der Waals surface area (Å²) in [6.07, 6.45) is 1.87. The molecule has 0 radical (unpaired) electrons. The minimum Gasteiger partial charge on any atom is -0.490 e. The van der Waals surface area contributed by atoms with E-state index in [-0.39, 0.29) is 47.8 Å². The summed E-state index contributed by atoms with van der Waals surface area (Å²) in [5.74, 6) is 0.192. The summed E-state index contributed by atoms with van der Waals surface area (Å²) in [5, 5.41) is 1.21. The maximum atomic E-state index is 12.3. The Morgan fingerprint density at radius 1 is 0.800 bits per heavy atom. The van der Waals surface area contributed by atoms with Gasteiger partial charge in [-0.25, -0.2) is 0 Å². The van der Waals surface area contributed by atoms with Gasteiger partial charge in [0.15, 0.2) is 11.5 Å². The Kier molecular flexibility index (Phi) is 8.33. The molecule has 0 aliphatic carbocycles. The fraction of sp³-hybridized carbons (Fsp3) is 0.478. The van der Waals surface area contributed by atoms with Crippen molar-refractivity contribution in [1.29, 1.82) is 0 Å². The Balaban J connectivity index is 2.82. The van der Waals surface area contributed by atoms with Crippen molar-refractivity contribution in [3.05, 3.63) is 18.2 Å². The zero-order chi connectivity index (χ0) is 22.3. The van der Waals surface area contributed by atoms with E-state index < -0.39 is 0 Å². The first-order chi connectivity index (χ1) is 14.4. The molecule has 2 rings (SSSR count). The van der Waals surface area contributed by atoms with Gasteiger partial charge in [-0.05, 0) is 38.0 Å². The average molecular weight is 418 g/mol. The molecule has 0 saturated carbocycles. The van der Waals surface area contributed by atoms with Crippen LogP contribution in [0.4, 0.5) is 5.69 Å². The number of carbonyl (C=O) groups is 2. The zero-order valence-corrected chi connectivity index (χ0v) is 18.7. The molecule has 2 aromatic rings. The van der Waals surface area contributed by atoms with E-state index in [9.17, 15) is 9.59 Å². The maximum Gasteiger partial charge on any atom is 0.311 e. The van der Waals surface area contributed by atoms with Gasteiger partial charge in [0, 0.05) is 42.9 Å². The van der Waals surface area contributed by atoms with Gasteiger partial charge in [0.05, 0.1) is 14.2 Å². The monoisotopic (exact) mass is 417 g/mol. The highest BCUT2D eigenvalue weighted by molar-refractivity contribution is 6.02. The molecule has 30 heavy (non-hydrogen) atoms. The Morgan fingerprint density at radius 3 is 1.73 bits per heavy atom. The number of hydrogen-bond donors (Lipinski definition) is 0. The number of fused-ring (bicyclic) bond motifs is 1. The molecular formula is C23H31NO6. The standard InChI is InChI=1S/C23H31NO6/c1-7-10-18(25)29-20-16-13-12-15(24(4)9-3)14-17(16)21(30-19(26)11-8-2)23(28-6)22(20)27-5/h12-14H,7-11H2,1-6H3. The first-order valence-corrected chi connectivity index (χ1v) is 10.3. The Morgan fingerprint density at radius 2 is 1.30 bits per heavy atom. The van der Waals surface area contributed by atoms with Gasteiger partial charge in [-0.2, -0.15) is 0 Å². The summed E-state index contributed by atoms with van der Waals surface area (Å²) in [6, 6.07) is 5.66. The van der Waals surface area contributed by atoms with Crippen molar-refractivity contribution < 1.29 is 28.5 Å². The van der Waals surface area contributed by atoms with E-state index in [0.29, 0.717) is 23.6 Å². The van der Waals surface area contributed by atoms with Gasteiger partial charge in [0.25, 0.3) is 0 Å². The van der Waals surface area contributed by atoms with Crippen molar-refractivity contribution in [1.82, 2.24) is 0 Å². The van der Waals surface area contributed by atoms with E-state index in [1.807, 2.05) is 46.0 Å². The lowest BCUT2D eigenvalue weighted by atomic mass is 10.0. The van der Waals surface area contributed by atoms with Crippen LogP contribution >= 0.6 is 0 Å². The summed E-state index contributed by atoms with van der Waals surface area (Å²) in [7, 11) is 4.88. The lowest BCUT2D eigenvalue weighted by molar-refractivity contribution is -0.135. The summed E-state index contributed by atoms with van der Waals surface area (Å²) in [6.45, 7) is 6.64. The molecule has 7 nitrogen and oxygen atoms in total. The van der Waals surface area contributed by atoms with Crippen molar-refractivity contribution in [3.63, 3.8) is 0 Å². The fourth-order valence-electron chi connectivity index (χ4n) is 3.10. The van der Waals surface area contributed by atoms with Crippen molar-refractivity contribution in [2.75, 3.05) is 32.7 Å². The predicted molar refractivity (Wildman–Crippen MR) is 117 cm³/mol. The number of benzene rings is 2. The van der Waals surface area contributed by atoms with Gasteiger partial charge in [-0.15, -0.1) is 0 Å². The SMILES string of the molecule is CCCC(=O)Oc1c(OC)c(OC)c(OC(=O)CCC)c2cc(N(C)CC)ccc12. The smallest absolute Gasteiger partial charge is 0.311 e. The summed E-state index contributed by atoms with van der Waals surface area (Å²) in [5.41, 5.74) is 0.927. The molecule has 0 amide bonds. The van der Waals surface area contributed by atoms with Crippen LogP contribution in [0.2, 0.25) is 0 Å². The third-order valence-electron chi connectivity index (χ3n) is 4.77.